The Kier molecular flexibility index (Phi) is 4.13. The number of nitrogens with one attached hydrogen (secondary N) is 1. The largest absolute Gasteiger partial charge is 0.486 e. The van der Waals surface area contributed by atoms with Crippen LogP contribution in [0.3, 0.4) is 0 Å². The molecule has 1 fully saturated rings. The van der Waals surface area contributed by atoms with Crippen LogP contribution in [0.5, 0.6) is 11.5 Å². The summed E-state index contributed by atoms with van der Waals surface area (Å²) in [4.78, 5) is 2.47. The SMILES string of the molecule is CNCC1CCCN(C)C1c1ccc2c(c1)OCCO2. The third-order valence-electron chi connectivity index (χ3n) is 4.38. The van der Waals surface area contributed by atoms with E-state index >= 15 is 0 Å². The highest BCUT2D eigenvalue weighted by Gasteiger charge is 2.30. The highest BCUT2D eigenvalue weighted by Crippen LogP contribution is 2.39. The number of benzene rings is 1. The minimum Gasteiger partial charge on any atom is -0.486 e. The Hall–Kier alpha value is -1.26. The number of likely N-dealkylation sites (tertiary alicyclic amines) is 1. The molecular weight excluding hydrogens is 252 g/mol. The van der Waals surface area contributed by atoms with Crippen molar-refractivity contribution in [2.45, 2.75) is 18.9 Å². The quantitative estimate of drug-likeness (QED) is 0.916. The second-order valence-electron chi connectivity index (χ2n) is 5.79. The van der Waals surface area contributed by atoms with Crippen LogP contribution in [0.4, 0.5) is 0 Å². The topological polar surface area (TPSA) is 33.7 Å². The highest BCUT2D eigenvalue weighted by molar-refractivity contribution is 5.45. The molecule has 0 spiro atoms. The zero-order chi connectivity index (χ0) is 13.9. The molecule has 20 heavy (non-hydrogen) atoms. The average molecular weight is 276 g/mol. The van der Waals surface area contributed by atoms with Crippen LogP contribution in [0.1, 0.15) is 24.4 Å². The predicted molar refractivity (Wildman–Crippen MR) is 79.5 cm³/mol. The lowest BCUT2D eigenvalue weighted by molar-refractivity contribution is 0.119. The van der Waals surface area contributed by atoms with Gasteiger partial charge < -0.3 is 14.8 Å². The zero-order valence-electron chi connectivity index (χ0n) is 12.4. The van der Waals surface area contributed by atoms with E-state index in [-0.39, 0.29) is 0 Å². The Morgan fingerprint density at radius 1 is 1.25 bits per heavy atom. The summed E-state index contributed by atoms with van der Waals surface area (Å²) in [5.41, 5.74) is 1.34. The smallest absolute Gasteiger partial charge is 0.161 e. The number of piperidine rings is 1. The second kappa shape index (κ2) is 6.02. The summed E-state index contributed by atoms with van der Waals surface area (Å²) in [6.45, 7) is 3.53. The third kappa shape index (κ3) is 2.63. The summed E-state index contributed by atoms with van der Waals surface area (Å²) < 4.78 is 11.3. The first-order valence-electron chi connectivity index (χ1n) is 7.54. The van der Waals surface area contributed by atoms with Gasteiger partial charge in [-0.05, 0) is 63.6 Å². The van der Waals surface area contributed by atoms with Gasteiger partial charge in [0.1, 0.15) is 13.2 Å². The lowest BCUT2D eigenvalue weighted by Gasteiger charge is -2.40. The van der Waals surface area contributed by atoms with Crippen molar-refractivity contribution < 1.29 is 9.47 Å². The van der Waals surface area contributed by atoms with Gasteiger partial charge in [-0.3, -0.25) is 4.90 Å². The van der Waals surface area contributed by atoms with Gasteiger partial charge in [0, 0.05) is 6.04 Å². The van der Waals surface area contributed by atoms with E-state index in [1.54, 1.807) is 0 Å². The normalized spacial score (nSPS) is 26.5. The van der Waals surface area contributed by atoms with Crippen LogP contribution < -0.4 is 14.8 Å². The van der Waals surface area contributed by atoms with Gasteiger partial charge in [0.2, 0.25) is 0 Å². The molecule has 4 nitrogen and oxygen atoms in total. The molecule has 4 heteroatoms. The molecule has 0 saturated carbocycles. The van der Waals surface area contributed by atoms with Gasteiger partial charge in [-0.25, -0.2) is 0 Å². The zero-order valence-corrected chi connectivity index (χ0v) is 12.4. The first kappa shape index (κ1) is 13.7. The Labute approximate surface area is 121 Å². The third-order valence-corrected chi connectivity index (χ3v) is 4.38. The maximum absolute atomic E-state index is 5.73. The van der Waals surface area contributed by atoms with Crippen LogP contribution in [0.25, 0.3) is 0 Å². The molecule has 0 aliphatic carbocycles. The maximum atomic E-state index is 5.73. The van der Waals surface area contributed by atoms with Gasteiger partial charge in [0.15, 0.2) is 11.5 Å². The molecule has 1 aromatic rings. The van der Waals surface area contributed by atoms with Gasteiger partial charge in [-0.2, -0.15) is 0 Å². The molecule has 2 aliphatic heterocycles. The fraction of sp³-hybridized carbons (Fsp3) is 0.625. The molecule has 0 radical (unpaired) electrons. The second-order valence-corrected chi connectivity index (χ2v) is 5.79. The Balaban J connectivity index is 1.88. The first-order chi connectivity index (χ1) is 9.79. The van der Waals surface area contributed by atoms with E-state index in [2.05, 4.69) is 35.5 Å². The van der Waals surface area contributed by atoms with E-state index in [1.165, 1.54) is 24.9 Å². The summed E-state index contributed by atoms with van der Waals surface area (Å²) in [5.74, 6) is 2.43. The molecule has 2 aliphatic rings. The Morgan fingerprint density at radius 2 is 2.05 bits per heavy atom. The molecule has 3 rings (SSSR count). The standard InChI is InChI=1S/C16H24N2O2/c1-17-11-13-4-3-7-18(2)16(13)12-5-6-14-15(10-12)20-9-8-19-14/h5-6,10,13,16-17H,3-4,7-9,11H2,1-2H3. The lowest BCUT2D eigenvalue weighted by atomic mass is 9.84. The number of rotatable bonds is 3. The summed E-state index contributed by atoms with van der Waals surface area (Å²) in [6.07, 6.45) is 2.56. The van der Waals surface area contributed by atoms with Crippen molar-refractivity contribution in [1.82, 2.24) is 10.2 Å². The lowest BCUT2D eigenvalue weighted by Crippen LogP contribution is -2.39. The van der Waals surface area contributed by atoms with Crippen LogP contribution >= 0.6 is 0 Å². The van der Waals surface area contributed by atoms with Crippen LogP contribution in [0.2, 0.25) is 0 Å². The summed E-state index contributed by atoms with van der Waals surface area (Å²) >= 11 is 0. The van der Waals surface area contributed by atoms with E-state index in [1.807, 2.05) is 7.05 Å². The monoisotopic (exact) mass is 276 g/mol. The van der Waals surface area contributed by atoms with Crippen molar-refractivity contribution in [2.24, 2.45) is 5.92 Å². The van der Waals surface area contributed by atoms with Crippen molar-refractivity contribution in [3.05, 3.63) is 23.8 Å². The van der Waals surface area contributed by atoms with Crippen molar-refractivity contribution in [3.8, 4) is 11.5 Å². The van der Waals surface area contributed by atoms with Gasteiger partial charge >= 0.3 is 0 Å². The average Bonchev–Trinajstić information content (AvgIpc) is 2.47. The van der Waals surface area contributed by atoms with Gasteiger partial charge in [-0.1, -0.05) is 6.07 Å². The summed E-state index contributed by atoms with van der Waals surface area (Å²) in [5, 5.41) is 3.34. The van der Waals surface area contributed by atoms with Gasteiger partial charge in [-0.15, -0.1) is 0 Å². The molecule has 1 saturated heterocycles. The molecule has 2 heterocycles. The molecule has 110 valence electrons. The minimum atomic E-state index is 0.465. The van der Waals surface area contributed by atoms with Crippen LogP contribution in [0, 0.1) is 5.92 Å². The van der Waals surface area contributed by atoms with E-state index < -0.39 is 0 Å². The van der Waals surface area contributed by atoms with E-state index in [9.17, 15) is 0 Å². The van der Waals surface area contributed by atoms with Crippen LogP contribution in [-0.4, -0.2) is 45.3 Å². The van der Waals surface area contributed by atoms with Crippen molar-refractivity contribution >= 4 is 0 Å². The Bertz CT molecular complexity index is 462. The molecule has 2 atom stereocenters. The fourth-order valence-corrected chi connectivity index (χ4v) is 3.51. The molecule has 2 unspecified atom stereocenters. The van der Waals surface area contributed by atoms with Crippen LogP contribution in [0.15, 0.2) is 18.2 Å². The van der Waals surface area contributed by atoms with E-state index in [4.69, 9.17) is 9.47 Å². The minimum absolute atomic E-state index is 0.465. The first-order valence-corrected chi connectivity index (χ1v) is 7.54. The molecule has 0 amide bonds. The Morgan fingerprint density at radius 3 is 2.85 bits per heavy atom. The number of fused-ring (bicyclic) bond motifs is 1. The predicted octanol–water partition coefficient (Wildman–Crippen LogP) is 2.06. The van der Waals surface area contributed by atoms with Crippen LogP contribution in [-0.2, 0) is 0 Å². The highest BCUT2D eigenvalue weighted by atomic mass is 16.6. The van der Waals surface area contributed by atoms with Gasteiger partial charge in [0.25, 0.3) is 0 Å². The summed E-state index contributed by atoms with van der Waals surface area (Å²) in [6, 6.07) is 6.89. The molecule has 1 N–H and O–H groups in total. The fourth-order valence-electron chi connectivity index (χ4n) is 3.51. The molecule has 1 aromatic carbocycles. The number of hydrogen-bond donors (Lipinski definition) is 1. The van der Waals surface area contributed by atoms with Gasteiger partial charge in [0.05, 0.1) is 0 Å². The molecule has 0 aromatic heterocycles. The van der Waals surface area contributed by atoms with E-state index in [0.717, 1.165) is 18.0 Å². The maximum Gasteiger partial charge on any atom is 0.161 e. The number of hydrogen-bond acceptors (Lipinski definition) is 4. The number of ether oxygens (including phenoxy) is 2. The molecular formula is C16H24N2O2. The van der Waals surface area contributed by atoms with Crippen molar-refractivity contribution in [1.29, 1.82) is 0 Å². The van der Waals surface area contributed by atoms with Crippen molar-refractivity contribution in [2.75, 3.05) is 40.4 Å². The van der Waals surface area contributed by atoms with Crippen molar-refractivity contribution in [3.63, 3.8) is 0 Å². The van der Waals surface area contributed by atoms with E-state index in [0.29, 0.717) is 25.2 Å². The molecule has 0 bridgehead atoms. The summed E-state index contributed by atoms with van der Waals surface area (Å²) in [7, 11) is 4.26. The number of nitrogens with zero attached hydrogens (tertiary/aromatic N) is 1.